The lowest BCUT2D eigenvalue weighted by molar-refractivity contribution is 0.0993. The minimum absolute atomic E-state index is 0.224. The normalized spacial score (nSPS) is 11.3. The van der Waals surface area contributed by atoms with Crippen molar-refractivity contribution in [1.29, 1.82) is 0 Å². The monoisotopic (exact) mass is 387 g/mol. The molecule has 3 aromatic rings. The van der Waals surface area contributed by atoms with E-state index in [4.69, 9.17) is 0 Å². The van der Waals surface area contributed by atoms with E-state index in [2.05, 4.69) is 4.72 Å². The van der Waals surface area contributed by atoms with Crippen molar-refractivity contribution in [3.05, 3.63) is 90.0 Å². The zero-order valence-corrected chi connectivity index (χ0v) is 14.8. The van der Waals surface area contributed by atoms with Gasteiger partial charge in [-0.25, -0.2) is 21.9 Å². The van der Waals surface area contributed by atoms with Crippen LogP contribution in [0.5, 0.6) is 0 Å². The van der Waals surface area contributed by atoms with Crippen molar-refractivity contribution in [3.63, 3.8) is 0 Å². The second kappa shape index (κ2) is 7.77. The molecular formula is C20H15F2NO3S. The third-order valence-electron chi connectivity index (χ3n) is 3.90. The Hall–Kier alpha value is -2.90. The number of carbonyl (C=O) groups is 1. The number of hydrogen-bond donors (Lipinski definition) is 1. The summed E-state index contributed by atoms with van der Waals surface area (Å²) in [7, 11) is -4.09. The quantitative estimate of drug-likeness (QED) is 0.655. The molecule has 0 heterocycles. The van der Waals surface area contributed by atoms with Gasteiger partial charge < -0.3 is 0 Å². The standard InChI is InChI=1S/C20H15F2NO3S/c21-16-7-4-8-17(12-16)27(25,26)23-13-20(24)18-11-15(9-10-19(18)22)14-5-2-1-3-6-14/h1-12,23H,13H2. The van der Waals surface area contributed by atoms with Crippen LogP contribution in [-0.4, -0.2) is 20.7 Å². The second-order valence-corrected chi connectivity index (χ2v) is 7.53. The Morgan fingerprint density at radius 3 is 2.30 bits per heavy atom. The van der Waals surface area contributed by atoms with E-state index in [9.17, 15) is 22.0 Å². The van der Waals surface area contributed by atoms with Crippen LogP contribution in [0.25, 0.3) is 11.1 Å². The largest absolute Gasteiger partial charge is 0.293 e. The van der Waals surface area contributed by atoms with Crippen molar-refractivity contribution in [2.75, 3.05) is 6.54 Å². The molecule has 3 rings (SSSR count). The van der Waals surface area contributed by atoms with Gasteiger partial charge in [-0.1, -0.05) is 42.5 Å². The third kappa shape index (κ3) is 4.45. The predicted molar refractivity (Wildman–Crippen MR) is 97.8 cm³/mol. The van der Waals surface area contributed by atoms with Gasteiger partial charge >= 0.3 is 0 Å². The highest BCUT2D eigenvalue weighted by Gasteiger charge is 2.19. The van der Waals surface area contributed by atoms with Gasteiger partial charge in [0.2, 0.25) is 10.0 Å². The fourth-order valence-corrected chi connectivity index (χ4v) is 3.54. The summed E-state index contributed by atoms with van der Waals surface area (Å²) in [6.07, 6.45) is 0. The van der Waals surface area contributed by atoms with Crippen molar-refractivity contribution in [1.82, 2.24) is 4.72 Å². The molecule has 0 aromatic heterocycles. The molecule has 0 aliphatic heterocycles. The molecule has 4 nitrogen and oxygen atoms in total. The molecule has 0 radical (unpaired) electrons. The molecule has 0 fully saturated rings. The highest BCUT2D eigenvalue weighted by molar-refractivity contribution is 7.89. The van der Waals surface area contributed by atoms with Gasteiger partial charge in [0.15, 0.2) is 5.78 Å². The number of rotatable bonds is 6. The van der Waals surface area contributed by atoms with Crippen molar-refractivity contribution in [2.24, 2.45) is 0 Å². The zero-order chi connectivity index (χ0) is 19.4. The van der Waals surface area contributed by atoms with E-state index in [1.54, 1.807) is 6.07 Å². The van der Waals surface area contributed by atoms with E-state index < -0.39 is 34.0 Å². The average Bonchev–Trinajstić information content (AvgIpc) is 2.67. The summed E-state index contributed by atoms with van der Waals surface area (Å²) in [5.74, 6) is -2.19. The summed E-state index contributed by atoms with van der Waals surface area (Å²) in [4.78, 5) is 12.0. The van der Waals surface area contributed by atoms with Crippen LogP contribution in [0.1, 0.15) is 10.4 Å². The second-order valence-electron chi connectivity index (χ2n) is 5.77. The van der Waals surface area contributed by atoms with Crippen LogP contribution >= 0.6 is 0 Å². The average molecular weight is 387 g/mol. The van der Waals surface area contributed by atoms with Crippen molar-refractivity contribution in [3.8, 4) is 11.1 Å². The number of benzene rings is 3. The minimum Gasteiger partial charge on any atom is -0.293 e. The fourth-order valence-electron chi connectivity index (χ4n) is 2.52. The van der Waals surface area contributed by atoms with Gasteiger partial charge in [0, 0.05) is 0 Å². The molecule has 138 valence electrons. The molecule has 27 heavy (non-hydrogen) atoms. The lowest BCUT2D eigenvalue weighted by Crippen LogP contribution is -2.30. The van der Waals surface area contributed by atoms with Gasteiger partial charge in [-0.3, -0.25) is 4.79 Å². The number of halogens is 2. The van der Waals surface area contributed by atoms with E-state index in [-0.39, 0.29) is 10.5 Å². The van der Waals surface area contributed by atoms with Crippen LogP contribution in [0, 0.1) is 11.6 Å². The molecule has 0 saturated heterocycles. The number of sulfonamides is 1. The fraction of sp³-hybridized carbons (Fsp3) is 0.0500. The summed E-state index contributed by atoms with van der Waals surface area (Å²) in [5, 5.41) is 0. The predicted octanol–water partition coefficient (Wildman–Crippen LogP) is 3.79. The highest BCUT2D eigenvalue weighted by atomic mass is 32.2. The first-order chi connectivity index (χ1) is 12.9. The van der Waals surface area contributed by atoms with Crippen LogP contribution in [-0.2, 0) is 10.0 Å². The van der Waals surface area contributed by atoms with Crippen LogP contribution < -0.4 is 4.72 Å². The smallest absolute Gasteiger partial charge is 0.241 e. The molecular weight excluding hydrogens is 372 g/mol. The zero-order valence-electron chi connectivity index (χ0n) is 14.0. The first-order valence-corrected chi connectivity index (χ1v) is 9.48. The van der Waals surface area contributed by atoms with Gasteiger partial charge in [-0.15, -0.1) is 0 Å². The lowest BCUT2D eigenvalue weighted by atomic mass is 10.0. The van der Waals surface area contributed by atoms with Crippen LogP contribution in [0.4, 0.5) is 8.78 Å². The number of nitrogens with one attached hydrogen (secondary N) is 1. The van der Waals surface area contributed by atoms with E-state index >= 15 is 0 Å². The lowest BCUT2D eigenvalue weighted by Gasteiger charge is -2.09. The third-order valence-corrected chi connectivity index (χ3v) is 5.30. The minimum atomic E-state index is -4.09. The Morgan fingerprint density at radius 2 is 1.59 bits per heavy atom. The van der Waals surface area contributed by atoms with Crippen LogP contribution in [0.15, 0.2) is 77.7 Å². The molecule has 7 heteroatoms. The Kier molecular flexibility index (Phi) is 5.43. The Labute approximate surface area is 155 Å². The number of hydrogen-bond acceptors (Lipinski definition) is 3. The van der Waals surface area contributed by atoms with Gasteiger partial charge in [-0.2, -0.15) is 0 Å². The molecule has 0 saturated carbocycles. The summed E-state index contributed by atoms with van der Waals surface area (Å²) in [6.45, 7) is -0.645. The molecule has 0 aliphatic rings. The van der Waals surface area contributed by atoms with Crippen molar-refractivity contribution >= 4 is 15.8 Å². The number of Topliss-reactive ketones (excluding diaryl/α,β-unsaturated/α-hetero) is 1. The summed E-state index contributed by atoms with van der Waals surface area (Å²) < 4.78 is 53.7. The van der Waals surface area contributed by atoms with Crippen molar-refractivity contribution in [2.45, 2.75) is 4.90 Å². The van der Waals surface area contributed by atoms with E-state index in [0.29, 0.717) is 5.56 Å². The summed E-state index contributed by atoms with van der Waals surface area (Å²) in [5.41, 5.74) is 1.21. The Balaban J connectivity index is 1.80. The van der Waals surface area contributed by atoms with Crippen molar-refractivity contribution < 1.29 is 22.0 Å². The molecule has 1 N–H and O–H groups in total. The Bertz CT molecular complexity index is 1080. The van der Waals surface area contributed by atoms with Gasteiger partial charge in [0.1, 0.15) is 11.6 Å². The van der Waals surface area contributed by atoms with Gasteiger partial charge in [0.25, 0.3) is 0 Å². The molecule has 0 bridgehead atoms. The molecule has 3 aromatic carbocycles. The summed E-state index contributed by atoms with van der Waals surface area (Å²) in [6, 6.07) is 17.6. The maximum atomic E-state index is 14.1. The van der Waals surface area contributed by atoms with E-state index in [1.165, 1.54) is 18.2 Å². The maximum absolute atomic E-state index is 14.1. The topological polar surface area (TPSA) is 63.2 Å². The molecule has 0 spiro atoms. The van der Waals surface area contributed by atoms with Crippen LogP contribution in [0.2, 0.25) is 0 Å². The molecule has 0 atom stereocenters. The highest BCUT2D eigenvalue weighted by Crippen LogP contribution is 2.22. The first kappa shape index (κ1) is 18.9. The maximum Gasteiger partial charge on any atom is 0.241 e. The van der Waals surface area contributed by atoms with Gasteiger partial charge in [-0.05, 0) is 41.5 Å². The molecule has 0 aliphatic carbocycles. The number of ketones is 1. The first-order valence-electron chi connectivity index (χ1n) is 8.00. The molecule has 0 unspecified atom stereocenters. The molecule has 0 amide bonds. The van der Waals surface area contributed by atoms with E-state index in [1.807, 2.05) is 30.3 Å². The Morgan fingerprint density at radius 1 is 0.852 bits per heavy atom. The van der Waals surface area contributed by atoms with E-state index in [0.717, 1.165) is 23.8 Å². The summed E-state index contributed by atoms with van der Waals surface area (Å²) >= 11 is 0. The van der Waals surface area contributed by atoms with Crippen LogP contribution in [0.3, 0.4) is 0 Å². The number of carbonyl (C=O) groups excluding carboxylic acids is 1. The SMILES string of the molecule is O=C(CNS(=O)(=O)c1cccc(F)c1)c1cc(-c2ccccc2)ccc1F. The van der Waals surface area contributed by atoms with Gasteiger partial charge in [0.05, 0.1) is 17.0 Å².